The molecule has 180 valence electrons. The van der Waals surface area contributed by atoms with Crippen LogP contribution < -0.4 is 21.1 Å². The quantitative estimate of drug-likeness (QED) is 0.199. The molecular formula is C26H37N3O4. The van der Waals surface area contributed by atoms with Gasteiger partial charge in [0.1, 0.15) is 11.5 Å². The fourth-order valence-corrected chi connectivity index (χ4v) is 3.50. The highest BCUT2D eigenvalue weighted by Gasteiger charge is 2.08. The van der Waals surface area contributed by atoms with Crippen molar-refractivity contribution in [2.75, 3.05) is 23.0 Å². The van der Waals surface area contributed by atoms with E-state index in [9.17, 15) is 14.7 Å². The van der Waals surface area contributed by atoms with Crippen LogP contribution in [0.2, 0.25) is 0 Å². The van der Waals surface area contributed by atoms with Gasteiger partial charge >= 0.3 is 0 Å². The number of ether oxygens (including phenoxy) is 1. The van der Waals surface area contributed by atoms with E-state index in [0.717, 1.165) is 12.8 Å². The standard InChI is InChI=1S/C26H37N3O4/c1-2-3-4-5-6-7-8-9-10-14-25(31)28-20-12-11-13-21(17-20)29-26(32)19-33-24-16-15-22(30)18-23(24)27/h11-13,15-18,30H,2-10,14,19,27H2,1H3,(H,28,31)(H,29,32). The maximum absolute atomic E-state index is 12.2. The number of amides is 2. The van der Waals surface area contributed by atoms with Crippen LogP contribution in [0.5, 0.6) is 11.5 Å². The Balaban J connectivity index is 1.66. The van der Waals surface area contributed by atoms with Gasteiger partial charge in [-0.3, -0.25) is 9.59 Å². The van der Waals surface area contributed by atoms with Crippen LogP contribution in [0.4, 0.5) is 17.1 Å². The molecule has 0 radical (unpaired) electrons. The summed E-state index contributed by atoms with van der Waals surface area (Å²) in [6.45, 7) is 1.99. The Bertz CT molecular complexity index is 886. The van der Waals surface area contributed by atoms with Crippen LogP contribution in [0.15, 0.2) is 42.5 Å². The van der Waals surface area contributed by atoms with Crippen molar-refractivity contribution in [1.29, 1.82) is 0 Å². The topological polar surface area (TPSA) is 114 Å². The first-order chi connectivity index (χ1) is 16.0. The molecule has 0 saturated carbocycles. The van der Waals surface area contributed by atoms with Crippen molar-refractivity contribution in [1.82, 2.24) is 0 Å². The molecule has 7 nitrogen and oxygen atoms in total. The number of nitrogens with one attached hydrogen (secondary N) is 2. The summed E-state index contributed by atoms with van der Waals surface area (Å²) in [6.07, 6.45) is 11.4. The van der Waals surface area contributed by atoms with Gasteiger partial charge in [0.05, 0.1) is 5.69 Å². The molecule has 0 bridgehead atoms. The predicted molar refractivity (Wildman–Crippen MR) is 134 cm³/mol. The van der Waals surface area contributed by atoms with Crippen LogP contribution in [0.1, 0.15) is 71.1 Å². The summed E-state index contributed by atoms with van der Waals surface area (Å²) in [5.74, 6) is -0.0327. The van der Waals surface area contributed by atoms with Crippen LogP contribution in [-0.2, 0) is 9.59 Å². The first-order valence-electron chi connectivity index (χ1n) is 11.9. The molecule has 0 aliphatic carbocycles. The van der Waals surface area contributed by atoms with Crippen LogP contribution >= 0.6 is 0 Å². The van der Waals surface area contributed by atoms with Gasteiger partial charge in [0.2, 0.25) is 5.91 Å². The van der Waals surface area contributed by atoms with Gasteiger partial charge in [-0.05, 0) is 36.8 Å². The number of carbonyl (C=O) groups excluding carboxylic acids is 2. The molecule has 0 aliphatic heterocycles. The third kappa shape index (κ3) is 10.8. The van der Waals surface area contributed by atoms with E-state index < -0.39 is 0 Å². The third-order valence-electron chi connectivity index (χ3n) is 5.29. The lowest BCUT2D eigenvalue weighted by Gasteiger charge is -2.11. The molecule has 0 spiro atoms. The van der Waals surface area contributed by atoms with Crippen molar-refractivity contribution in [3.8, 4) is 11.5 Å². The molecule has 7 heteroatoms. The second kappa shape index (κ2) is 14.8. The van der Waals surface area contributed by atoms with E-state index >= 15 is 0 Å². The Hall–Kier alpha value is -3.22. The van der Waals surface area contributed by atoms with Gasteiger partial charge in [-0.1, -0.05) is 64.4 Å². The van der Waals surface area contributed by atoms with E-state index in [0.29, 0.717) is 23.5 Å². The van der Waals surface area contributed by atoms with E-state index in [4.69, 9.17) is 10.5 Å². The second-order valence-electron chi connectivity index (χ2n) is 8.27. The third-order valence-corrected chi connectivity index (χ3v) is 5.29. The molecule has 0 aliphatic rings. The second-order valence-corrected chi connectivity index (χ2v) is 8.27. The fraction of sp³-hybridized carbons (Fsp3) is 0.462. The highest BCUT2D eigenvalue weighted by Crippen LogP contribution is 2.25. The summed E-state index contributed by atoms with van der Waals surface area (Å²) in [4.78, 5) is 24.4. The van der Waals surface area contributed by atoms with E-state index in [1.165, 1.54) is 63.1 Å². The minimum absolute atomic E-state index is 0.0208. The molecule has 0 aromatic heterocycles. The van der Waals surface area contributed by atoms with E-state index in [-0.39, 0.29) is 29.9 Å². The number of anilines is 3. The molecule has 33 heavy (non-hydrogen) atoms. The van der Waals surface area contributed by atoms with Crippen LogP contribution in [0.3, 0.4) is 0 Å². The van der Waals surface area contributed by atoms with Gasteiger partial charge in [0.25, 0.3) is 5.91 Å². The number of hydrogen-bond acceptors (Lipinski definition) is 5. The maximum Gasteiger partial charge on any atom is 0.262 e. The summed E-state index contributed by atoms with van der Waals surface area (Å²) < 4.78 is 5.40. The summed E-state index contributed by atoms with van der Waals surface area (Å²) in [7, 11) is 0. The van der Waals surface area contributed by atoms with Crippen molar-refractivity contribution in [2.45, 2.75) is 71.1 Å². The molecule has 0 unspecified atom stereocenters. The summed E-state index contributed by atoms with van der Waals surface area (Å²) in [6, 6.07) is 11.3. The molecule has 5 N–H and O–H groups in total. The van der Waals surface area contributed by atoms with Gasteiger partial charge in [-0.15, -0.1) is 0 Å². The smallest absolute Gasteiger partial charge is 0.262 e. The molecule has 2 aromatic carbocycles. The maximum atomic E-state index is 12.2. The number of hydrogen-bond donors (Lipinski definition) is 4. The van der Waals surface area contributed by atoms with Gasteiger partial charge in [-0.2, -0.15) is 0 Å². The van der Waals surface area contributed by atoms with E-state index in [2.05, 4.69) is 17.6 Å². The zero-order chi connectivity index (χ0) is 23.9. The predicted octanol–water partition coefficient (Wildman–Crippen LogP) is 5.85. The highest BCUT2D eigenvalue weighted by molar-refractivity contribution is 5.94. The van der Waals surface area contributed by atoms with Gasteiger partial charge in [0.15, 0.2) is 6.61 Å². The van der Waals surface area contributed by atoms with Gasteiger partial charge < -0.3 is 26.2 Å². The Morgan fingerprint density at radius 2 is 1.45 bits per heavy atom. The van der Waals surface area contributed by atoms with Crippen molar-refractivity contribution in [3.05, 3.63) is 42.5 Å². The number of nitrogen functional groups attached to an aromatic ring is 1. The zero-order valence-electron chi connectivity index (χ0n) is 19.6. The lowest BCUT2D eigenvalue weighted by molar-refractivity contribution is -0.118. The lowest BCUT2D eigenvalue weighted by atomic mass is 10.1. The van der Waals surface area contributed by atoms with Crippen molar-refractivity contribution in [3.63, 3.8) is 0 Å². The number of benzene rings is 2. The molecule has 0 fully saturated rings. The van der Waals surface area contributed by atoms with Gasteiger partial charge in [-0.25, -0.2) is 0 Å². The van der Waals surface area contributed by atoms with Crippen LogP contribution in [-0.4, -0.2) is 23.5 Å². The number of nitrogens with two attached hydrogens (primary N) is 1. The molecule has 2 aromatic rings. The molecule has 0 atom stereocenters. The van der Waals surface area contributed by atoms with Crippen molar-refractivity contribution < 1.29 is 19.4 Å². The Morgan fingerprint density at radius 3 is 2.09 bits per heavy atom. The lowest BCUT2D eigenvalue weighted by Crippen LogP contribution is -2.20. The fourth-order valence-electron chi connectivity index (χ4n) is 3.50. The monoisotopic (exact) mass is 455 g/mol. The molecule has 0 saturated heterocycles. The number of phenols is 1. The first-order valence-corrected chi connectivity index (χ1v) is 11.9. The summed E-state index contributed by atoms with van der Waals surface area (Å²) >= 11 is 0. The average molecular weight is 456 g/mol. The number of phenolic OH excluding ortho intramolecular Hbond substituents is 1. The number of carbonyl (C=O) groups is 2. The largest absolute Gasteiger partial charge is 0.508 e. The molecule has 2 amide bonds. The molecular weight excluding hydrogens is 418 g/mol. The summed E-state index contributed by atoms with van der Waals surface area (Å²) in [5, 5.41) is 15.0. The zero-order valence-corrected chi connectivity index (χ0v) is 19.6. The molecule has 2 rings (SSSR count). The van der Waals surface area contributed by atoms with Crippen LogP contribution in [0, 0.1) is 0 Å². The van der Waals surface area contributed by atoms with Crippen molar-refractivity contribution in [2.24, 2.45) is 0 Å². The number of unbranched alkanes of at least 4 members (excludes halogenated alkanes) is 8. The minimum atomic E-state index is -0.361. The SMILES string of the molecule is CCCCCCCCCCCC(=O)Nc1cccc(NC(=O)COc2ccc(O)cc2N)c1. The number of rotatable bonds is 15. The van der Waals surface area contributed by atoms with Gasteiger partial charge in [0, 0.05) is 23.9 Å². The number of aromatic hydroxyl groups is 1. The average Bonchev–Trinajstić information content (AvgIpc) is 2.77. The van der Waals surface area contributed by atoms with Crippen LogP contribution in [0.25, 0.3) is 0 Å². The van der Waals surface area contributed by atoms with Crippen molar-refractivity contribution >= 4 is 28.9 Å². The highest BCUT2D eigenvalue weighted by atomic mass is 16.5. The first kappa shape index (κ1) is 26.0. The van der Waals surface area contributed by atoms with E-state index in [1.54, 1.807) is 24.3 Å². The summed E-state index contributed by atoms with van der Waals surface area (Å²) in [5.41, 5.74) is 7.19. The Morgan fingerprint density at radius 1 is 0.848 bits per heavy atom. The Labute approximate surface area is 196 Å². The molecule has 0 heterocycles. The van der Waals surface area contributed by atoms with E-state index in [1.807, 2.05) is 0 Å². The Kier molecular flexibility index (Phi) is 11.7. The normalized spacial score (nSPS) is 10.6. The minimum Gasteiger partial charge on any atom is -0.508 e.